The van der Waals surface area contributed by atoms with E-state index in [1.54, 1.807) is 0 Å². The molecule has 1 aliphatic carbocycles. The Bertz CT molecular complexity index is 595. The summed E-state index contributed by atoms with van der Waals surface area (Å²) in [6.45, 7) is 6.12. The van der Waals surface area contributed by atoms with Gasteiger partial charge in [0, 0.05) is 10.7 Å². The van der Waals surface area contributed by atoms with Crippen LogP contribution in [0.2, 0.25) is 0 Å². The summed E-state index contributed by atoms with van der Waals surface area (Å²) in [5, 5.41) is 4.61. The summed E-state index contributed by atoms with van der Waals surface area (Å²) in [4.78, 5) is 0.257. The molecule has 21 heavy (non-hydrogen) atoms. The maximum Gasteiger partial charge on any atom is 0.264 e. The molecule has 1 heterocycles. The molecule has 0 spiro atoms. The topological polar surface area (TPSA) is 52.0 Å². The molecular formula is C15H25ClN2O2S. The highest BCUT2D eigenvalue weighted by Gasteiger charge is 2.30. The third kappa shape index (κ3) is 3.45. The van der Waals surface area contributed by atoms with Crippen LogP contribution < -0.4 is 0 Å². The van der Waals surface area contributed by atoms with Crippen LogP contribution in [0.3, 0.4) is 0 Å². The maximum atomic E-state index is 11.9. The van der Waals surface area contributed by atoms with Crippen molar-refractivity contribution < 1.29 is 8.42 Å². The minimum atomic E-state index is -3.74. The second kappa shape index (κ2) is 6.69. The lowest BCUT2D eigenvalue weighted by Gasteiger charge is -2.29. The van der Waals surface area contributed by atoms with Gasteiger partial charge in [-0.2, -0.15) is 5.10 Å². The summed E-state index contributed by atoms with van der Waals surface area (Å²) >= 11 is 0. The number of halogens is 1. The minimum absolute atomic E-state index is 0.257. The van der Waals surface area contributed by atoms with Crippen LogP contribution in [0.4, 0.5) is 0 Å². The first kappa shape index (κ1) is 16.8. The van der Waals surface area contributed by atoms with Crippen molar-refractivity contribution in [2.24, 2.45) is 5.92 Å². The van der Waals surface area contributed by atoms with Crippen LogP contribution in [0.5, 0.6) is 0 Å². The molecule has 1 fully saturated rings. The Morgan fingerprint density at radius 1 is 1.24 bits per heavy atom. The minimum Gasteiger partial charge on any atom is -0.265 e. The van der Waals surface area contributed by atoms with Gasteiger partial charge in [-0.1, -0.05) is 40.0 Å². The van der Waals surface area contributed by atoms with Crippen molar-refractivity contribution in [1.29, 1.82) is 0 Å². The maximum absolute atomic E-state index is 11.9. The summed E-state index contributed by atoms with van der Waals surface area (Å²) < 4.78 is 25.8. The van der Waals surface area contributed by atoms with E-state index in [4.69, 9.17) is 10.7 Å². The molecule has 0 N–H and O–H groups in total. The molecule has 0 radical (unpaired) electrons. The number of nitrogens with zero attached hydrogens (tertiary/aromatic N) is 2. The predicted octanol–water partition coefficient (Wildman–Crippen LogP) is 4.08. The first-order valence-electron chi connectivity index (χ1n) is 7.97. The van der Waals surface area contributed by atoms with Crippen molar-refractivity contribution in [1.82, 2.24) is 9.78 Å². The molecule has 2 atom stereocenters. The number of hydrogen-bond acceptors (Lipinski definition) is 3. The van der Waals surface area contributed by atoms with Crippen LogP contribution in [-0.4, -0.2) is 18.2 Å². The van der Waals surface area contributed by atoms with Gasteiger partial charge in [-0.15, -0.1) is 0 Å². The zero-order chi connectivity index (χ0) is 15.6. The van der Waals surface area contributed by atoms with E-state index >= 15 is 0 Å². The molecule has 0 aromatic carbocycles. The van der Waals surface area contributed by atoms with Crippen molar-refractivity contribution in [3.8, 4) is 0 Å². The number of aryl methyl sites for hydroxylation is 1. The van der Waals surface area contributed by atoms with Crippen LogP contribution in [0, 0.1) is 5.92 Å². The smallest absolute Gasteiger partial charge is 0.264 e. The molecule has 0 aliphatic heterocycles. The molecule has 4 nitrogen and oxygen atoms in total. The average Bonchev–Trinajstić information content (AvgIpc) is 2.86. The van der Waals surface area contributed by atoms with E-state index in [-0.39, 0.29) is 4.90 Å². The fourth-order valence-corrected chi connectivity index (χ4v) is 5.02. The zero-order valence-electron chi connectivity index (χ0n) is 13.1. The molecule has 1 aliphatic rings. The van der Waals surface area contributed by atoms with Gasteiger partial charge in [0.1, 0.15) is 4.90 Å². The number of rotatable bonds is 5. The number of aromatic nitrogens is 2. The van der Waals surface area contributed by atoms with Crippen LogP contribution in [0.1, 0.15) is 70.3 Å². The van der Waals surface area contributed by atoms with E-state index < -0.39 is 9.05 Å². The first-order chi connectivity index (χ1) is 9.92. The summed E-state index contributed by atoms with van der Waals surface area (Å²) in [6.07, 6.45) is 7.05. The lowest BCUT2D eigenvalue weighted by atomic mass is 9.84. The molecule has 1 aromatic rings. The zero-order valence-corrected chi connectivity index (χ0v) is 14.7. The highest BCUT2D eigenvalue weighted by Crippen LogP contribution is 2.37. The Kier molecular flexibility index (Phi) is 5.36. The van der Waals surface area contributed by atoms with Gasteiger partial charge in [0.25, 0.3) is 9.05 Å². The van der Waals surface area contributed by atoms with Crippen molar-refractivity contribution >= 4 is 19.7 Å². The van der Waals surface area contributed by atoms with Gasteiger partial charge in [0.05, 0.1) is 17.4 Å². The van der Waals surface area contributed by atoms with Gasteiger partial charge in [0.15, 0.2) is 0 Å². The molecule has 2 unspecified atom stereocenters. The van der Waals surface area contributed by atoms with Gasteiger partial charge >= 0.3 is 0 Å². The van der Waals surface area contributed by atoms with Crippen LogP contribution in [-0.2, 0) is 21.9 Å². The molecule has 1 saturated carbocycles. The molecular weight excluding hydrogens is 308 g/mol. The van der Waals surface area contributed by atoms with Gasteiger partial charge in [-0.3, -0.25) is 4.68 Å². The average molecular weight is 333 g/mol. The van der Waals surface area contributed by atoms with Crippen LogP contribution >= 0.6 is 10.7 Å². The van der Waals surface area contributed by atoms with E-state index in [2.05, 4.69) is 12.0 Å². The molecule has 120 valence electrons. The second-order valence-electron chi connectivity index (χ2n) is 5.91. The Hall–Kier alpha value is -0.550. The van der Waals surface area contributed by atoms with E-state index in [0.717, 1.165) is 24.5 Å². The quantitative estimate of drug-likeness (QED) is 0.763. The van der Waals surface area contributed by atoms with Crippen LogP contribution in [0.15, 0.2) is 4.90 Å². The SMILES string of the molecule is CCc1nn(C2CCCC(CC)C2)c(CC)c1S(=O)(=O)Cl. The molecule has 2 rings (SSSR count). The van der Waals surface area contributed by atoms with Gasteiger partial charge in [-0.05, 0) is 31.6 Å². The second-order valence-corrected chi connectivity index (χ2v) is 8.41. The molecule has 1 aromatic heterocycles. The summed E-state index contributed by atoms with van der Waals surface area (Å²) in [5.41, 5.74) is 1.39. The number of hydrogen-bond donors (Lipinski definition) is 0. The Balaban J connectivity index is 2.47. The molecule has 6 heteroatoms. The van der Waals surface area contributed by atoms with Crippen molar-refractivity contribution in [3.63, 3.8) is 0 Å². The van der Waals surface area contributed by atoms with Gasteiger partial charge < -0.3 is 0 Å². The Morgan fingerprint density at radius 2 is 1.95 bits per heavy atom. The first-order valence-corrected chi connectivity index (χ1v) is 10.3. The van der Waals surface area contributed by atoms with E-state index in [1.807, 2.05) is 18.5 Å². The highest BCUT2D eigenvalue weighted by atomic mass is 35.7. The Morgan fingerprint density at radius 3 is 2.48 bits per heavy atom. The Labute approximate surface area is 132 Å². The van der Waals surface area contributed by atoms with E-state index in [9.17, 15) is 8.42 Å². The fraction of sp³-hybridized carbons (Fsp3) is 0.800. The standard InChI is InChI=1S/C15H25ClN2O2S/c1-4-11-8-7-9-12(10-11)18-14(6-3)15(21(16,19)20)13(5-2)17-18/h11-12H,4-10H2,1-3H3. The third-order valence-corrected chi connectivity index (χ3v) is 6.04. The predicted molar refractivity (Wildman–Crippen MR) is 85.3 cm³/mol. The summed E-state index contributed by atoms with van der Waals surface area (Å²) in [5.74, 6) is 0.721. The molecule has 0 amide bonds. The molecule has 0 bridgehead atoms. The lowest BCUT2D eigenvalue weighted by Crippen LogP contribution is -2.21. The van der Waals surface area contributed by atoms with Crippen molar-refractivity contribution in [3.05, 3.63) is 11.4 Å². The van der Waals surface area contributed by atoms with E-state index in [1.165, 1.54) is 19.3 Å². The summed E-state index contributed by atoms with van der Waals surface area (Å²) in [6, 6.07) is 0.316. The monoisotopic (exact) mass is 332 g/mol. The largest absolute Gasteiger partial charge is 0.265 e. The van der Waals surface area contributed by atoms with Crippen molar-refractivity contribution in [2.45, 2.75) is 76.7 Å². The van der Waals surface area contributed by atoms with Crippen LogP contribution in [0.25, 0.3) is 0 Å². The summed E-state index contributed by atoms with van der Waals surface area (Å²) in [7, 11) is 1.92. The van der Waals surface area contributed by atoms with Gasteiger partial charge in [0.2, 0.25) is 0 Å². The normalized spacial score (nSPS) is 23.4. The fourth-order valence-electron chi connectivity index (χ4n) is 3.50. The molecule has 0 saturated heterocycles. The highest BCUT2D eigenvalue weighted by molar-refractivity contribution is 8.13. The van der Waals surface area contributed by atoms with Gasteiger partial charge in [-0.25, -0.2) is 8.42 Å². The lowest BCUT2D eigenvalue weighted by molar-refractivity contribution is 0.243. The van der Waals surface area contributed by atoms with E-state index in [0.29, 0.717) is 24.6 Å². The third-order valence-electron chi connectivity index (χ3n) is 4.62. The van der Waals surface area contributed by atoms with Crippen molar-refractivity contribution in [2.75, 3.05) is 0 Å².